The molecule has 1 aromatic rings. The van der Waals surface area contributed by atoms with Crippen molar-refractivity contribution in [3.05, 3.63) is 23.9 Å². The molecule has 1 aliphatic carbocycles. The van der Waals surface area contributed by atoms with E-state index in [1.165, 1.54) is 19.7 Å². The number of hydrogen-bond donors (Lipinski definition) is 1. The number of morpholine rings is 1. The summed E-state index contributed by atoms with van der Waals surface area (Å²) in [5, 5.41) is 10.1. The Labute approximate surface area is 182 Å². The molecule has 1 spiro atoms. The molecule has 4 atom stereocenters. The number of carbonyl (C=O) groups is 2. The molecule has 4 heterocycles. The zero-order valence-corrected chi connectivity index (χ0v) is 18.0. The Balaban J connectivity index is 1.36. The van der Waals surface area contributed by atoms with Crippen molar-refractivity contribution < 1.29 is 24.2 Å². The second-order valence-electron chi connectivity index (χ2n) is 9.50. The van der Waals surface area contributed by atoms with Crippen molar-refractivity contribution in [1.82, 2.24) is 9.88 Å². The highest BCUT2D eigenvalue weighted by molar-refractivity contribution is 5.89. The number of anilines is 1. The number of esters is 1. The summed E-state index contributed by atoms with van der Waals surface area (Å²) in [4.78, 5) is 33.6. The average molecular weight is 430 g/mol. The number of ether oxygens (including phenoxy) is 2. The summed E-state index contributed by atoms with van der Waals surface area (Å²) in [7, 11) is 1.35. The molecule has 4 aliphatic rings. The van der Waals surface area contributed by atoms with Crippen LogP contribution in [-0.4, -0.2) is 78.5 Å². The van der Waals surface area contributed by atoms with E-state index in [0.29, 0.717) is 31.7 Å². The summed E-state index contributed by atoms with van der Waals surface area (Å²) in [5.74, 6) is 0.915. The summed E-state index contributed by atoms with van der Waals surface area (Å²) in [6.07, 6.45) is 6.92. The topological polar surface area (TPSA) is 92.2 Å². The van der Waals surface area contributed by atoms with Crippen molar-refractivity contribution in [3.8, 4) is 0 Å². The van der Waals surface area contributed by atoms with Gasteiger partial charge in [-0.3, -0.25) is 4.79 Å². The summed E-state index contributed by atoms with van der Waals surface area (Å²) in [5.41, 5.74) is -0.0551. The number of methoxy groups -OCH3 is 1. The molecule has 3 aliphatic heterocycles. The Morgan fingerprint density at radius 1 is 1.23 bits per heavy atom. The van der Waals surface area contributed by atoms with Gasteiger partial charge in [-0.15, -0.1) is 0 Å². The number of aliphatic hydroxyl groups excluding tert-OH is 1. The molecule has 0 aromatic carbocycles. The minimum atomic E-state index is -0.469. The maximum absolute atomic E-state index is 13.2. The van der Waals surface area contributed by atoms with Crippen LogP contribution in [0, 0.1) is 17.8 Å². The zero-order valence-electron chi connectivity index (χ0n) is 18.0. The van der Waals surface area contributed by atoms with Gasteiger partial charge in [-0.1, -0.05) is 19.3 Å². The Morgan fingerprint density at radius 3 is 2.71 bits per heavy atom. The van der Waals surface area contributed by atoms with Crippen LogP contribution in [0.1, 0.15) is 42.5 Å². The molecule has 168 valence electrons. The van der Waals surface area contributed by atoms with Gasteiger partial charge in [-0.25, -0.2) is 9.78 Å². The van der Waals surface area contributed by atoms with Crippen molar-refractivity contribution in [2.75, 3.05) is 44.8 Å². The van der Waals surface area contributed by atoms with Crippen molar-refractivity contribution in [1.29, 1.82) is 0 Å². The van der Waals surface area contributed by atoms with E-state index in [4.69, 9.17) is 9.47 Å². The fourth-order valence-corrected chi connectivity index (χ4v) is 6.20. The van der Waals surface area contributed by atoms with Crippen molar-refractivity contribution in [3.63, 3.8) is 0 Å². The first-order chi connectivity index (χ1) is 15.0. The zero-order chi connectivity index (χ0) is 21.6. The Bertz CT molecular complexity index is 840. The average Bonchev–Trinajstić information content (AvgIpc) is 3.26. The van der Waals surface area contributed by atoms with Crippen LogP contribution in [-0.2, 0) is 14.3 Å². The Hall–Kier alpha value is -2.19. The highest BCUT2D eigenvalue weighted by Gasteiger charge is 2.63. The van der Waals surface area contributed by atoms with E-state index in [9.17, 15) is 14.7 Å². The van der Waals surface area contributed by atoms with E-state index >= 15 is 0 Å². The lowest BCUT2D eigenvalue weighted by atomic mass is 9.83. The van der Waals surface area contributed by atoms with Crippen LogP contribution in [0.5, 0.6) is 0 Å². The normalized spacial score (nSPS) is 32.8. The molecule has 1 saturated carbocycles. The molecule has 31 heavy (non-hydrogen) atoms. The molecule has 5 rings (SSSR count). The third kappa shape index (κ3) is 3.49. The summed E-state index contributed by atoms with van der Waals surface area (Å²) < 4.78 is 11.3. The number of fused-ring (bicyclic) bond motifs is 1. The van der Waals surface area contributed by atoms with Crippen molar-refractivity contribution in [2.24, 2.45) is 17.8 Å². The number of rotatable bonds is 4. The fourth-order valence-electron chi connectivity index (χ4n) is 6.20. The molecule has 8 heteroatoms. The second-order valence-corrected chi connectivity index (χ2v) is 9.50. The van der Waals surface area contributed by atoms with Crippen LogP contribution in [0.4, 0.5) is 5.82 Å². The molecule has 0 radical (unpaired) electrons. The molecule has 8 nitrogen and oxygen atoms in total. The predicted octanol–water partition coefficient (Wildman–Crippen LogP) is 1.47. The largest absolute Gasteiger partial charge is 0.465 e. The van der Waals surface area contributed by atoms with E-state index in [-0.39, 0.29) is 36.4 Å². The van der Waals surface area contributed by atoms with E-state index < -0.39 is 11.6 Å². The molecule has 3 saturated heterocycles. The van der Waals surface area contributed by atoms with Gasteiger partial charge >= 0.3 is 5.97 Å². The highest BCUT2D eigenvalue weighted by Crippen LogP contribution is 2.50. The first-order valence-corrected chi connectivity index (χ1v) is 11.4. The van der Waals surface area contributed by atoms with Gasteiger partial charge in [0, 0.05) is 43.6 Å². The standard InChI is InChI=1S/C23H31N3O5/c1-30-22(29)16-7-8-20(24-9-16)25-11-19-17(12-27)18-10-26(14-23(18,13-25)31-19)21(28)15-5-3-2-4-6-15/h7-9,15,17-19,27H,2-6,10-14H2,1H3/t17-,18+,19+,23+/m0/s1. The number of carbonyl (C=O) groups excluding carboxylic acids is 2. The van der Waals surface area contributed by atoms with E-state index in [0.717, 1.165) is 31.5 Å². The number of pyridine rings is 1. The molecular formula is C23H31N3O5. The van der Waals surface area contributed by atoms with Crippen LogP contribution < -0.4 is 4.90 Å². The van der Waals surface area contributed by atoms with E-state index in [2.05, 4.69) is 9.88 Å². The van der Waals surface area contributed by atoms with Gasteiger partial charge in [-0.05, 0) is 25.0 Å². The van der Waals surface area contributed by atoms with Crippen molar-refractivity contribution in [2.45, 2.75) is 43.8 Å². The molecule has 4 fully saturated rings. The lowest BCUT2D eigenvalue weighted by Crippen LogP contribution is -2.55. The SMILES string of the molecule is COC(=O)c1ccc(N2C[C@H]3O[C@@]4(CN(C(=O)C5CCCCC5)C[C@@H]4[C@@H]3CO)C2)nc1. The first kappa shape index (κ1) is 20.7. The smallest absolute Gasteiger partial charge is 0.339 e. The maximum atomic E-state index is 13.2. The number of amides is 1. The molecule has 1 N–H and O–H groups in total. The highest BCUT2D eigenvalue weighted by atomic mass is 16.5. The molecule has 2 bridgehead atoms. The van der Waals surface area contributed by atoms with Crippen LogP contribution in [0.15, 0.2) is 18.3 Å². The maximum Gasteiger partial charge on any atom is 0.339 e. The quantitative estimate of drug-likeness (QED) is 0.725. The number of nitrogens with zero attached hydrogens (tertiary/aromatic N) is 3. The fraction of sp³-hybridized carbons (Fsp3) is 0.696. The lowest BCUT2D eigenvalue weighted by molar-refractivity contribution is -0.138. The number of aromatic nitrogens is 1. The van der Waals surface area contributed by atoms with Gasteiger partial charge < -0.3 is 24.4 Å². The Morgan fingerprint density at radius 2 is 2.03 bits per heavy atom. The minimum Gasteiger partial charge on any atom is -0.465 e. The van der Waals surface area contributed by atoms with Gasteiger partial charge in [0.2, 0.25) is 5.91 Å². The Kier molecular flexibility index (Phi) is 5.38. The molecule has 0 unspecified atom stereocenters. The number of hydrogen-bond acceptors (Lipinski definition) is 7. The van der Waals surface area contributed by atoms with Gasteiger partial charge in [-0.2, -0.15) is 0 Å². The monoisotopic (exact) mass is 429 g/mol. The van der Waals surface area contributed by atoms with E-state index in [1.807, 2.05) is 11.0 Å². The summed E-state index contributed by atoms with van der Waals surface area (Å²) in [6, 6.07) is 3.55. The first-order valence-electron chi connectivity index (χ1n) is 11.4. The van der Waals surface area contributed by atoms with Gasteiger partial charge in [0.05, 0.1) is 31.9 Å². The van der Waals surface area contributed by atoms with Gasteiger partial charge in [0.1, 0.15) is 11.4 Å². The molecular weight excluding hydrogens is 398 g/mol. The number of likely N-dealkylation sites (tertiary alicyclic amines) is 1. The second kappa shape index (κ2) is 8.06. The van der Waals surface area contributed by atoms with Crippen molar-refractivity contribution >= 4 is 17.7 Å². The van der Waals surface area contributed by atoms with Crippen LogP contribution in [0.3, 0.4) is 0 Å². The summed E-state index contributed by atoms with van der Waals surface area (Å²) in [6.45, 7) is 2.58. The van der Waals surface area contributed by atoms with Crippen LogP contribution in [0.2, 0.25) is 0 Å². The third-order valence-electron chi connectivity index (χ3n) is 7.76. The van der Waals surface area contributed by atoms with Crippen LogP contribution in [0.25, 0.3) is 0 Å². The van der Waals surface area contributed by atoms with E-state index in [1.54, 1.807) is 6.07 Å². The molecule has 1 amide bonds. The minimum absolute atomic E-state index is 0.0171. The van der Waals surface area contributed by atoms with Gasteiger partial charge in [0.15, 0.2) is 0 Å². The third-order valence-corrected chi connectivity index (χ3v) is 7.76. The van der Waals surface area contributed by atoms with Crippen LogP contribution >= 0.6 is 0 Å². The lowest BCUT2D eigenvalue weighted by Gasteiger charge is -2.41. The van der Waals surface area contributed by atoms with Gasteiger partial charge in [0.25, 0.3) is 0 Å². The predicted molar refractivity (Wildman–Crippen MR) is 113 cm³/mol. The summed E-state index contributed by atoms with van der Waals surface area (Å²) >= 11 is 0. The number of aliphatic hydroxyl groups is 1. The molecule has 1 aromatic heterocycles.